The van der Waals surface area contributed by atoms with Gasteiger partial charge in [-0.2, -0.15) is 5.10 Å². The molecule has 0 spiro atoms. The van der Waals surface area contributed by atoms with Crippen molar-refractivity contribution in [3.8, 4) is 0 Å². The summed E-state index contributed by atoms with van der Waals surface area (Å²) in [6.07, 6.45) is 1.49. The Bertz CT molecular complexity index is 807. The van der Waals surface area contributed by atoms with E-state index in [1.54, 1.807) is 0 Å². The Labute approximate surface area is 166 Å². The molecule has 1 amide bonds. The molecule has 0 heterocycles. The average Bonchev–Trinajstić information content (AvgIpc) is 2.68. The van der Waals surface area contributed by atoms with Gasteiger partial charge in [-0.3, -0.25) is 14.9 Å². The maximum Gasteiger partial charge on any atom is 0.271 e. The number of nitrogens with zero attached hydrogens (tertiary/aromatic N) is 3. The number of nitro groups is 1. The quantitative estimate of drug-likeness (QED) is 0.297. The lowest BCUT2D eigenvalue weighted by molar-refractivity contribution is -0.384. The summed E-state index contributed by atoms with van der Waals surface area (Å²) in [4.78, 5) is 24.3. The van der Waals surface area contributed by atoms with Crippen molar-refractivity contribution in [1.29, 1.82) is 0 Å². The number of halogens is 2. The molecule has 2 aromatic rings. The largest absolute Gasteiger partial charge is 0.369 e. The van der Waals surface area contributed by atoms with Gasteiger partial charge in [-0.25, -0.2) is 5.43 Å². The Kier molecular flexibility index (Phi) is 8.03. The van der Waals surface area contributed by atoms with E-state index in [0.29, 0.717) is 24.8 Å². The van der Waals surface area contributed by atoms with Crippen molar-refractivity contribution in [3.63, 3.8) is 0 Å². The van der Waals surface area contributed by atoms with Gasteiger partial charge < -0.3 is 4.90 Å². The van der Waals surface area contributed by atoms with Crippen LogP contribution in [0.5, 0.6) is 0 Å². The fraction of sp³-hybridized carbons (Fsp3) is 0.222. The zero-order chi connectivity index (χ0) is 19.6. The zero-order valence-electron chi connectivity index (χ0n) is 14.3. The third-order valence-electron chi connectivity index (χ3n) is 3.67. The molecule has 0 aliphatic heterocycles. The van der Waals surface area contributed by atoms with Crippen molar-refractivity contribution in [2.45, 2.75) is 0 Å². The van der Waals surface area contributed by atoms with E-state index < -0.39 is 10.8 Å². The monoisotopic (exact) mass is 408 g/mol. The lowest BCUT2D eigenvalue weighted by Gasteiger charge is -2.22. The van der Waals surface area contributed by atoms with Gasteiger partial charge in [0, 0.05) is 48.2 Å². The number of alkyl halides is 2. The summed E-state index contributed by atoms with van der Waals surface area (Å²) in [6.45, 7) is 1.39. The topological polar surface area (TPSA) is 87.8 Å². The van der Waals surface area contributed by atoms with Gasteiger partial charge in [-0.05, 0) is 23.8 Å². The summed E-state index contributed by atoms with van der Waals surface area (Å²) >= 11 is 11.6. The molecule has 2 aromatic carbocycles. The Morgan fingerprint density at radius 3 is 2.41 bits per heavy atom. The molecule has 27 heavy (non-hydrogen) atoms. The Morgan fingerprint density at radius 1 is 1.15 bits per heavy atom. The van der Waals surface area contributed by atoms with E-state index in [4.69, 9.17) is 23.2 Å². The average molecular weight is 409 g/mol. The maximum absolute atomic E-state index is 12.0. The number of benzene rings is 2. The molecule has 0 atom stereocenters. The molecule has 0 bridgehead atoms. The summed E-state index contributed by atoms with van der Waals surface area (Å²) in [5.74, 6) is 0.482. The number of hydrogen-bond donors (Lipinski definition) is 1. The van der Waals surface area contributed by atoms with Crippen molar-refractivity contribution in [1.82, 2.24) is 5.43 Å². The lowest BCUT2D eigenvalue weighted by atomic mass is 10.2. The van der Waals surface area contributed by atoms with Crippen LogP contribution < -0.4 is 10.3 Å². The number of nitrogens with one attached hydrogen (secondary N) is 1. The minimum atomic E-state index is -0.556. The maximum atomic E-state index is 12.0. The van der Waals surface area contributed by atoms with Crippen LogP contribution >= 0.6 is 23.2 Å². The highest BCUT2D eigenvalue weighted by molar-refractivity contribution is 6.18. The van der Waals surface area contributed by atoms with E-state index in [1.807, 2.05) is 24.3 Å². The van der Waals surface area contributed by atoms with Crippen LogP contribution in [-0.2, 0) is 0 Å². The number of amides is 1. The molecule has 2 rings (SSSR count). The molecule has 0 unspecified atom stereocenters. The summed E-state index contributed by atoms with van der Waals surface area (Å²) in [6, 6.07) is 13.0. The van der Waals surface area contributed by atoms with E-state index in [0.717, 1.165) is 11.3 Å². The van der Waals surface area contributed by atoms with Gasteiger partial charge in [0.1, 0.15) is 0 Å². The third-order valence-corrected chi connectivity index (χ3v) is 4.00. The first-order valence-electron chi connectivity index (χ1n) is 8.10. The number of nitro benzene ring substituents is 1. The number of anilines is 1. The SMILES string of the molecule is O=C(N/N=C\c1ccc(N(CCCl)CCCl)cc1)c1cccc([N+](=O)[O-])c1. The molecule has 0 saturated heterocycles. The van der Waals surface area contributed by atoms with E-state index in [9.17, 15) is 14.9 Å². The fourth-order valence-corrected chi connectivity index (χ4v) is 2.74. The van der Waals surface area contributed by atoms with Crippen molar-refractivity contribution < 1.29 is 9.72 Å². The van der Waals surface area contributed by atoms with Gasteiger partial charge in [0.05, 0.1) is 11.1 Å². The van der Waals surface area contributed by atoms with Crippen LogP contribution in [0.25, 0.3) is 0 Å². The molecular formula is C18H18Cl2N4O3. The lowest BCUT2D eigenvalue weighted by Crippen LogP contribution is -2.27. The molecule has 7 nitrogen and oxygen atoms in total. The number of hydrogen-bond acceptors (Lipinski definition) is 5. The first-order chi connectivity index (χ1) is 13.0. The zero-order valence-corrected chi connectivity index (χ0v) is 15.9. The standard InChI is InChI=1S/C18H18Cl2N4O3/c19-8-10-23(11-9-20)16-6-4-14(5-7-16)13-21-22-18(25)15-2-1-3-17(12-15)24(26)27/h1-7,12-13H,8-11H2,(H,22,25)/b21-13-. The number of rotatable bonds is 9. The molecule has 0 aromatic heterocycles. The van der Waals surface area contributed by atoms with Crippen LogP contribution in [0.2, 0.25) is 0 Å². The minimum Gasteiger partial charge on any atom is -0.369 e. The van der Waals surface area contributed by atoms with Crippen LogP contribution in [-0.4, -0.2) is 41.9 Å². The normalized spacial score (nSPS) is 10.7. The highest BCUT2D eigenvalue weighted by Crippen LogP contribution is 2.15. The minimum absolute atomic E-state index is 0.152. The van der Waals surface area contributed by atoms with Crippen molar-refractivity contribution >= 4 is 46.7 Å². The molecule has 1 N–H and O–H groups in total. The summed E-state index contributed by atoms with van der Waals surface area (Å²) in [7, 11) is 0. The van der Waals surface area contributed by atoms with E-state index in [-0.39, 0.29) is 11.3 Å². The molecule has 0 saturated carbocycles. The van der Waals surface area contributed by atoms with Gasteiger partial charge >= 0.3 is 0 Å². The van der Waals surface area contributed by atoms with Crippen LogP contribution in [0, 0.1) is 10.1 Å². The van der Waals surface area contributed by atoms with Crippen LogP contribution in [0.4, 0.5) is 11.4 Å². The smallest absolute Gasteiger partial charge is 0.271 e. The second-order valence-electron chi connectivity index (χ2n) is 5.46. The van der Waals surface area contributed by atoms with Crippen LogP contribution in [0.3, 0.4) is 0 Å². The highest BCUT2D eigenvalue weighted by Gasteiger charge is 2.10. The predicted molar refractivity (Wildman–Crippen MR) is 108 cm³/mol. The highest BCUT2D eigenvalue weighted by atomic mass is 35.5. The van der Waals surface area contributed by atoms with Crippen LogP contribution in [0.15, 0.2) is 53.6 Å². The first kappa shape index (κ1) is 20.7. The van der Waals surface area contributed by atoms with Crippen molar-refractivity contribution in [2.75, 3.05) is 29.7 Å². The third kappa shape index (κ3) is 6.23. The second-order valence-corrected chi connectivity index (χ2v) is 6.22. The summed E-state index contributed by atoms with van der Waals surface area (Å²) in [5.41, 5.74) is 4.14. The van der Waals surface area contributed by atoms with Crippen LogP contribution in [0.1, 0.15) is 15.9 Å². The second kappa shape index (κ2) is 10.5. The molecule has 0 aliphatic rings. The molecule has 142 valence electrons. The van der Waals surface area contributed by atoms with E-state index >= 15 is 0 Å². The Hall–Kier alpha value is -2.64. The van der Waals surface area contributed by atoms with Gasteiger partial charge in [0.2, 0.25) is 0 Å². The number of hydrazone groups is 1. The predicted octanol–water partition coefficient (Wildman–Crippen LogP) is 3.64. The van der Waals surface area contributed by atoms with Crippen molar-refractivity contribution in [3.05, 3.63) is 69.8 Å². The van der Waals surface area contributed by atoms with Gasteiger partial charge in [0.25, 0.3) is 11.6 Å². The molecule has 0 fully saturated rings. The Morgan fingerprint density at radius 2 is 1.81 bits per heavy atom. The molecular weight excluding hydrogens is 391 g/mol. The number of non-ortho nitro benzene ring substituents is 1. The summed E-state index contributed by atoms with van der Waals surface area (Å²) in [5, 5.41) is 14.6. The van der Waals surface area contributed by atoms with E-state index in [2.05, 4.69) is 15.4 Å². The first-order valence-corrected chi connectivity index (χ1v) is 9.17. The number of carbonyl (C=O) groups is 1. The van der Waals surface area contributed by atoms with Gasteiger partial charge in [0.15, 0.2) is 0 Å². The Balaban J connectivity index is 1.98. The van der Waals surface area contributed by atoms with E-state index in [1.165, 1.54) is 30.5 Å². The molecule has 0 radical (unpaired) electrons. The number of carbonyl (C=O) groups excluding carboxylic acids is 1. The fourth-order valence-electron chi connectivity index (χ4n) is 2.34. The molecule has 0 aliphatic carbocycles. The van der Waals surface area contributed by atoms with Gasteiger partial charge in [-0.1, -0.05) is 18.2 Å². The molecule has 9 heteroatoms. The van der Waals surface area contributed by atoms with Crippen molar-refractivity contribution in [2.24, 2.45) is 5.10 Å². The summed E-state index contributed by atoms with van der Waals surface area (Å²) < 4.78 is 0. The van der Waals surface area contributed by atoms with Gasteiger partial charge in [-0.15, -0.1) is 23.2 Å².